The Kier molecular flexibility index (Phi) is 7.54. The monoisotopic (exact) mass is 413 g/mol. The second-order valence-corrected chi connectivity index (χ2v) is 8.07. The molecule has 0 aliphatic carbocycles. The summed E-state index contributed by atoms with van der Waals surface area (Å²) >= 11 is 0. The normalized spacial score (nSPS) is 14.0. The van der Waals surface area contributed by atoms with Gasteiger partial charge in [0.15, 0.2) is 0 Å². The number of nitrogens with one attached hydrogen (secondary N) is 1. The third kappa shape index (κ3) is 5.63. The molecule has 0 saturated carbocycles. The molecule has 0 aliphatic heterocycles. The van der Waals surface area contributed by atoms with Gasteiger partial charge in [0.1, 0.15) is 0 Å². The summed E-state index contributed by atoms with van der Waals surface area (Å²) < 4.78 is 38.8. The lowest BCUT2D eigenvalue weighted by Crippen LogP contribution is -2.28. The maximum atomic E-state index is 12.9. The first kappa shape index (κ1) is 22.4. The third-order valence-corrected chi connectivity index (χ3v) is 5.73. The van der Waals surface area contributed by atoms with Gasteiger partial charge in [0.05, 0.1) is 5.56 Å². The quantitative estimate of drug-likeness (QED) is 0.357. The summed E-state index contributed by atoms with van der Waals surface area (Å²) in [5.41, 5.74) is 1.46. The van der Waals surface area contributed by atoms with Crippen LogP contribution in [0.25, 0.3) is 10.8 Å². The van der Waals surface area contributed by atoms with Crippen LogP contribution in [0, 0.1) is 5.92 Å². The third-order valence-electron chi connectivity index (χ3n) is 5.73. The lowest BCUT2D eigenvalue weighted by Gasteiger charge is -2.27. The number of alkyl halides is 3. The van der Waals surface area contributed by atoms with Crippen molar-refractivity contribution in [3.05, 3.63) is 83.4 Å². The van der Waals surface area contributed by atoms with Crippen molar-refractivity contribution in [2.45, 2.75) is 51.7 Å². The fourth-order valence-corrected chi connectivity index (χ4v) is 4.21. The fraction of sp³-hybridized carbons (Fsp3) is 0.385. The molecule has 0 heterocycles. The van der Waals surface area contributed by atoms with Crippen LogP contribution >= 0.6 is 0 Å². The highest BCUT2D eigenvalue weighted by Gasteiger charge is 2.30. The molecule has 0 radical (unpaired) electrons. The van der Waals surface area contributed by atoms with Gasteiger partial charge in [-0.25, -0.2) is 0 Å². The van der Waals surface area contributed by atoms with Crippen LogP contribution in [0.5, 0.6) is 0 Å². The van der Waals surface area contributed by atoms with Gasteiger partial charge in [0, 0.05) is 6.04 Å². The molecule has 0 spiro atoms. The molecule has 2 atom stereocenters. The first-order valence-corrected chi connectivity index (χ1v) is 10.8. The van der Waals surface area contributed by atoms with Gasteiger partial charge in [-0.2, -0.15) is 13.2 Å². The molecule has 0 aromatic heterocycles. The van der Waals surface area contributed by atoms with Gasteiger partial charge in [-0.1, -0.05) is 80.9 Å². The maximum Gasteiger partial charge on any atom is 0.416 e. The molecule has 3 rings (SSSR count). The summed E-state index contributed by atoms with van der Waals surface area (Å²) in [4.78, 5) is 0. The minimum absolute atomic E-state index is 0.220. The Morgan fingerprint density at radius 2 is 1.67 bits per heavy atom. The van der Waals surface area contributed by atoms with Crippen LogP contribution in [0.3, 0.4) is 0 Å². The summed E-state index contributed by atoms with van der Waals surface area (Å²) in [5.74, 6) is 0.467. The van der Waals surface area contributed by atoms with E-state index in [4.69, 9.17) is 0 Å². The second-order valence-electron chi connectivity index (χ2n) is 8.07. The summed E-state index contributed by atoms with van der Waals surface area (Å²) in [6, 6.07) is 20.7. The van der Waals surface area contributed by atoms with Gasteiger partial charge < -0.3 is 5.32 Å². The molecule has 1 nitrogen and oxygen atoms in total. The van der Waals surface area contributed by atoms with Crippen molar-refractivity contribution in [3.63, 3.8) is 0 Å². The molecule has 160 valence electrons. The van der Waals surface area contributed by atoms with Gasteiger partial charge >= 0.3 is 6.18 Å². The van der Waals surface area contributed by atoms with E-state index in [0.29, 0.717) is 12.3 Å². The van der Waals surface area contributed by atoms with E-state index in [1.54, 1.807) is 6.07 Å². The highest BCUT2D eigenvalue weighted by atomic mass is 19.4. The highest BCUT2D eigenvalue weighted by molar-refractivity contribution is 5.86. The van der Waals surface area contributed by atoms with Crippen molar-refractivity contribution in [3.8, 4) is 0 Å². The molecule has 1 N–H and O–H groups in total. The minimum atomic E-state index is -4.29. The van der Waals surface area contributed by atoms with Gasteiger partial charge in [0.25, 0.3) is 0 Å². The highest BCUT2D eigenvalue weighted by Crippen LogP contribution is 2.32. The van der Waals surface area contributed by atoms with Gasteiger partial charge in [0.2, 0.25) is 0 Å². The number of hydrogen-bond donors (Lipinski definition) is 1. The molecule has 0 bridgehead atoms. The molecule has 30 heavy (non-hydrogen) atoms. The first-order chi connectivity index (χ1) is 14.4. The topological polar surface area (TPSA) is 12.0 Å². The lowest BCUT2D eigenvalue weighted by atomic mass is 9.88. The largest absolute Gasteiger partial charge is 0.416 e. The van der Waals surface area contributed by atoms with Crippen LogP contribution in [0.1, 0.15) is 55.8 Å². The second kappa shape index (κ2) is 10.1. The zero-order valence-electron chi connectivity index (χ0n) is 17.7. The molecular formula is C26H30F3N. The van der Waals surface area contributed by atoms with E-state index < -0.39 is 11.7 Å². The SMILES string of the molecule is CCCC(C)C(NCCCc1cccc(C(F)(F)F)c1)c1cccc2ccccc12. The maximum absolute atomic E-state index is 12.9. The summed E-state index contributed by atoms with van der Waals surface area (Å²) in [6.45, 7) is 5.23. The Labute approximate surface area is 177 Å². The van der Waals surface area contributed by atoms with Crippen LogP contribution < -0.4 is 5.32 Å². The van der Waals surface area contributed by atoms with Crippen molar-refractivity contribution >= 4 is 10.8 Å². The Morgan fingerprint density at radius 1 is 0.933 bits per heavy atom. The van der Waals surface area contributed by atoms with Crippen LogP contribution in [0.15, 0.2) is 66.7 Å². The van der Waals surface area contributed by atoms with E-state index in [9.17, 15) is 13.2 Å². The van der Waals surface area contributed by atoms with Gasteiger partial charge in [-0.15, -0.1) is 0 Å². The zero-order valence-corrected chi connectivity index (χ0v) is 17.7. The van der Waals surface area contributed by atoms with Crippen molar-refractivity contribution in [1.29, 1.82) is 0 Å². The van der Waals surface area contributed by atoms with E-state index >= 15 is 0 Å². The standard InChI is InChI=1S/C26H30F3N/c1-3-9-19(2)25(24-16-7-13-21-12-4-5-15-23(21)24)30-17-8-11-20-10-6-14-22(18-20)26(27,28)29/h4-7,10,12-16,18-19,25,30H,3,8-9,11,17H2,1-2H3. The number of halogens is 3. The van der Waals surface area contributed by atoms with Crippen molar-refractivity contribution in [2.75, 3.05) is 6.54 Å². The van der Waals surface area contributed by atoms with E-state index in [2.05, 4.69) is 61.6 Å². The van der Waals surface area contributed by atoms with E-state index in [0.717, 1.165) is 37.4 Å². The fourth-order valence-electron chi connectivity index (χ4n) is 4.21. The van der Waals surface area contributed by atoms with Crippen LogP contribution in [-0.2, 0) is 12.6 Å². The van der Waals surface area contributed by atoms with Gasteiger partial charge in [-0.3, -0.25) is 0 Å². The molecule has 2 unspecified atom stereocenters. The Morgan fingerprint density at radius 3 is 2.43 bits per heavy atom. The molecule has 0 fully saturated rings. The summed E-state index contributed by atoms with van der Waals surface area (Å²) in [6.07, 6.45) is -0.630. The number of rotatable bonds is 9. The van der Waals surface area contributed by atoms with Crippen LogP contribution in [0.4, 0.5) is 13.2 Å². The van der Waals surface area contributed by atoms with Gasteiger partial charge in [-0.05, 0) is 59.7 Å². The average Bonchev–Trinajstić information content (AvgIpc) is 2.73. The van der Waals surface area contributed by atoms with Crippen molar-refractivity contribution in [1.82, 2.24) is 5.32 Å². The molecule has 0 saturated heterocycles. The molecule has 0 aliphatic rings. The Bertz CT molecular complexity index is 943. The predicted octanol–water partition coefficient (Wildman–Crippen LogP) is 7.56. The van der Waals surface area contributed by atoms with Crippen molar-refractivity contribution in [2.24, 2.45) is 5.92 Å². The Hall–Kier alpha value is -2.33. The average molecular weight is 414 g/mol. The van der Waals surface area contributed by atoms with Crippen LogP contribution in [0.2, 0.25) is 0 Å². The minimum Gasteiger partial charge on any atom is -0.310 e. The smallest absolute Gasteiger partial charge is 0.310 e. The van der Waals surface area contributed by atoms with Crippen molar-refractivity contribution < 1.29 is 13.2 Å². The number of benzene rings is 3. The number of aryl methyl sites for hydroxylation is 1. The summed E-state index contributed by atoms with van der Waals surface area (Å²) in [7, 11) is 0. The predicted molar refractivity (Wildman–Crippen MR) is 119 cm³/mol. The van der Waals surface area contributed by atoms with E-state index in [1.165, 1.54) is 28.5 Å². The molecule has 4 heteroatoms. The zero-order chi connectivity index (χ0) is 21.6. The summed E-state index contributed by atoms with van der Waals surface area (Å²) in [5, 5.41) is 6.20. The van der Waals surface area contributed by atoms with Crippen LogP contribution in [-0.4, -0.2) is 6.54 Å². The first-order valence-electron chi connectivity index (χ1n) is 10.8. The lowest BCUT2D eigenvalue weighted by molar-refractivity contribution is -0.137. The van der Waals surface area contributed by atoms with E-state index in [1.807, 2.05) is 0 Å². The number of hydrogen-bond acceptors (Lipinski definition) is 1. The molecular weight excluding hydrogens is 383 g/mol. The van der Waals surface area contributed by atoms with E-state index in [-0.39, 0.29) is 6.04 Å². The molecule has 0 amide bonds. The molecule has 3 aromatic rings. The Balaban J connectivity index is 1.69. The number of fused-ring (bicyclic) bond motifs is 1. The molecule has 3 aromatic carbocycles.